The van der Waals surface area contributed by atoms with E-state index in [1.54, 1.807) is 12.1 Å². The van der Waals surface area contributed by atoms with Gasteiger partial charge in [0.05, 0.1) is 5.02 Å². The van der Waals surface area contributed by atoms with E-state index in [0.717, 1.165) is 5.56 Å². The monoisotopic (exact) mass is 293 g/mol. The Morgan fingerprint density at radius 3 is 2.75 bits per heavy atom. The first-order valence-electron chi connectivity index (χ1n) is 6.44. The van der Waals surface area contributed by atoms with E-state index in [4.69, 9.17) is 16.3 Å². The Hall–Kier alpha value is -1.58. The molecule has 1 atom stereocenters. The Kier molecular flexibility index (Phi) is 4.99. The fourth-order valence-electron chi connectivity index (χ4n) is 1.86. The summed E-state index contributed by atoms with van der Waals surface area (Å²) in [6.07, 6.45) is 0. The summed E-state index contributed by atoms with van der Waals surface area (Å²) in [5, 5.41) is 3.28. The van der Waals surface area contributed by atoms with Crippen molar-refractivity contribution in [2.24, 2.45) is 0 Å². The normalized spacial score (nSPS) is 12.2. The molecule has 0 aromatic heterocycles. The van der Waals surface area contributed by atoms with Crippen molar-refractivity contribution in [1.29, 1.82) is 0 Å². The molecule has 4 heteroatoms. The van der Waals surface area contributed by atoms with Crippen LogP contribution in [0.1, 0.15) is 24.1 Å². The number of hydrogen-bond acceptors (Lipinski definition) is 2. The van der Waals surface area contributed by atoms with Crippen LogP contribution in [0.3, 0.4) is 0 Å². The molecular formula is C16H17ClFNO. The fraction of sp³-hybridized carbons (Fsp3) is 0.250. The van der Waals surface area contributed by atoms with E-state index in [1.807, 2.05) is 31.3 Å². The van der Waals surface area contributed by atoms with Crippen LogP contribution in [0.4, 0.5) is 4.39 Å². The van der Waals surface area contributed by atoms with Gasteiger partial charge in [-0.2, -0.15) is 0 Å². The van der Waals surface area contributed by atoms with Crippen LogP contribution in [0, 0.1) is 5.82 Å². The van der Waals surface area contributed by atoms with Gasteiger partial charge in [-0.1, -0.05) is 35.9 Å². The zero-order valence-corrected chi connectivity index (χ0v) is 12.2. The second kappa shape index (κ2) is 6.73. The van der Waals surface area contributed by atoms with Crippen LogP contribution in [-0.2, 0) is 6.61 Å². The maximum Gasteiger partial charge on any atom is 0.148 e. The summed E-state index contributed by atoms with van der Waals surface area (Å²) in [6.45, 7) is 2.22. The van der Waals surface area contributed by atoms with Crippen molar-refractivity contribution in [2.75, 3.05) is 7.05 Å². The van der Waals surface area contributed by atoms with Crippen LogP contribution in [-0.4, -0.2) is 7.05 Å². The first-order chi connectivity index (χ1) is 9.61. The maximum absolute atomic E-state index is 13.7. The third-order valence-corrected chi connectivity index (χ3v) is 3.51. The second-order valence-electron chi connectivity index (χ2n) is 4.58. The van der Waals surface area contributed by atoms with Crippen molar-refractivity contribution in [3.63, 3.8) is 0 Å². The Morgan fingerprint density at radius 1 is 1.25 bits per heavy atom. The number of rotatable bonds is 5. The quantitative estimate of drug-likeness (QED) is 0.885. The molecule has 2 rings (SSSR count). The van der Waals surface area contributed by atoms with Gasteiger partial charge in [0, 0.05) is 11.6 Å². The number of halogens is 2. The van der Waals surface area contributed by atoms with E-state index in [1.165, 1.54) is 6.07 Å². The average Bonchev–Trinajstić information content (AvgIpc) is 2.48. The van der Waals surface area contributed by atoms with Gasteiger partial charge in [-0.25, -0.2) is 4.39 Å². The lowest BCUT2D eigenvalue weighted by Gasteiger charge is -2.13. The Morgan fingerprint density at radius 2 is 2.00 bits per heavy atom. The van der Waals surface area contributed by atoms with E-state index in [2.05, 4.69) is 12.2 Å². The molecular weight excluding hydrogens is 277 g/mol. The molecule has 0 radical (unpaired) electrons. The predicted molar refractivity (Wildman–Crippen MR) is 79.7 cm³/mol. The molecule has 0 aliphatic carbocycles. The SMILES string of the molecule is CNC(C)c1cccc(OCc2cccc(Cl)c2F)c1. The standard InChI is InChI=1S/C16H17ClFNO/c1-11(19-2)12-5-3-7-14(9-12)20-10-13-6-4-8-15(17)16(13)18/h3-9,11,19H,10H2,1-2H3. The smallest absolute Gasteiger partial charge is 0.148 e. The highest BCUT2D eigenvalue weighted by Crippen LogP contribution is 2.22. The molecule has 1 N–H and O–H groups in total. The first-order valence-corrected chi connectivity index (χ1v) is 6.82. The minimum Gasteiger partial charge on any atom is -0.489 e. The Bertz CT molecular complexity index is 588. The topological polar surface area (TPSA) is 21.3 Å². The van der Waals surface area contributed by atoms with E-state index < -0.39 is 5.82 Å². The molecule has 2 nitrogen and oxygen atoms in total. The predicted octanol–water partition coefficient (Wildman–Crippen LogP) is 4.34. The van der Waals surface area contributed by atoms with Crippen LogP contribution in [0.15, 0.2) is 42.5 Å². The third-order valence-electron chi connectivity index (χ3n) is 3.22. The second-order valence-corrected chi connectivity index (χ2v) is 4.99. The molecule has 2 aromatic carbocycles. The number of hydrogen-bond donors (Lipinski definition) is 1. The zero-order chi connectivity index (χ0) is 14.5. The van der Waals surface area contributed by atoms with E-state index in [0.29, 0.717) is 11.3 Å². The van der Waals surface area contributed by atoms with Crippen molar-refractivity contribution in [2.45, 2.75) is 19.6 Å². The lowest BCUT2D eigenvalue weighted by Crippen LogP contribution is -2.12. The molecule has 0 saturated heterocycles. The average molecular weight is 294 g/mol. The summed E-state index contributed by atoms with van der Waals surface area (Å²) in [5.41, 5.74) is 1.57. The molecule has 0 aliphatic rings. The maximum atomic E-state index is 13.7. The lowest BCUT2D eigenvalue weighted by atomic mass is 10.1. The molecule has 0 aliphatic heterocycles. The minimum absolute atomic E-state index is 0.114. The van der Waals surface area contributed by atoms with Crippen molar-refractivity contribution >= 4 is 11.6 Å². The molecule has 106 valence electrons. The summed E-state index contributed by atoms with van der Waals surface area (Å²) in [6, 6.07) is 12.9. The number of nitrogens with one attached hydrogen (secondary N) is 1. The summed E-state index contributed by atoms with van der Waals surface area (Å²) < 4.78 is 19.4. The van der Waals surface area contributed by atoms with Crippen LogP contribution < -0.4 is 10.1 Å². The van der Waals surface area contributed by atoms with Crippen LogP contribution in [0.5, 0.6) is 5.75 Å². The number of ether oxygens (including phenoxy) is 1. The highest BCUT2D eigenvalue weighted by atomic mass is 35.5. The molecule has 2 aromatic rings. The van der Waals surface area contributed by atoms with Gasteiger partial charge >= 0.3 is 0 Å². The molecule has 0 bridgehead atoms. The summed E-state index contributed by atoms with van der Waals surface area (Å²) in [4.78, 5) is 0. The summed E-state index contributed by atoms with van der Waals surface area (Å²) >= 11 is 5.74. The van der Waals surface area contributed by atoms with E-state index in [-0.39, 0.29) is 17.7 Å². The molecule has 0 fully saturated rings. The van der Waals surface area contributed by atoms with Crippen molar-refractivity contribution < 1.29 is 9.13 Å². The Labute approximate surface area is 123 Å². The van der Waals surface area contributed by atoms with Gasteiger partial charge < -0.3 is 10.1 Å². The lowest BCUT2D eigenvalue weighted by molar-refractivity contribution is 0.299. The fourth-order valence-corrected chi connectivity index (χ4v) is 2.06. The summed E-state index contributed by atoms with van der Waals surface area (Å²) in [5.74, 6) is 0.290. The molecule has 1 unspecified atom stereocenters. The van der Waals surface area contributed by atoms with Gasteiger partial charge in [-0.15, -0.1) is 0 Å². The van der Waals surface area contributed by atoms with Gasteiger partial charge in [0.15, 0.2) is 0 Å². The van der Waals surface area contributed by atoms with Gasteiger partial charge in [0.2, 0.25) is 0 Å². The van der Waals surface area contributed by atoms with Gasteiger partial charge in [0.25, 0.3) is 0 Å². The minimum atomic E-state index is -0.422. The highest BCUT2D eigenvalue weighted by molar-refractivity contribution is 6.30. The molecule has 0 saturated carbocycles. The highest BCUT2D eigenvalue weighted by Gasteiger charge is 2.08. The van der Waals surface area contributed by atoms with Crippen molar-refractivity contribution in [3.05, 3.63) is 64.4 Å². The summed E-state index contributed by atoms with van der Waals surface area (Å²) in [7, 11) is 1.90. The third kappa shape index (κ3) is 3.50. The van der Waals surface area contributed by atoms with E-state index >= 15 is 0 Å². The van der Waals surface area contributed by atoms with Gasteiger partial charge in [-0.3, -0.25) is 0 Å². The molecule has 0 heterocycles. The number of benzene rings is 2. The van der Waals surface area contributed by atoms with Crippen LogP contribution in [0.2, 0.25) is 5.02 Å². The molecule has 20 heavy (non-hydrogen) atoms. The zero-order valence-electron chi connectivity index (χ0n) is 11.5. The van der Waals surface area contributed by atoms with Gasteiger partial charge in [-0.05, 0) is 37.7 Å². The van der Waals surface area contributed by atoms with Gasteiger partial charge in [0.1, 0.15) is 18.2 Å². The van der Waals surface area contributed by atoms with Crippen molar-refractivity contribution in [1.82, 2.24) is 5.32 Å². The van der Waals surface area contributed by atoms with Crippen LogP contribution in [0.25, 0.3) is 0 Å². The molecule has 0 amide bonds. The Balaban J connectivity index is 2.09. The van der Waals surface area contributed by atoms with E-state index in [9.17, 15) is 4.39 Å². The molecule has 0 spiro atoms. The largest absolute Gasteiger partial charge is 0.489 e. The van der Waals surface area contributed by atoms with Crippen LogP contribution >= 0.6 is 11.6 Å². The first kappa shape index (κ1) is 14.8. The van der Waals surface area contributed by atoms with Crippen molar-refractivity contribution in [3.8, 4) is 5.75 Å².